The van der Waals surface area contributed by atoms with Gasteiger partial charge in [-0.3, -0.25) is 4.57 Å². The van der Waals surface area contributed by atoms with Gasteiger partial charge in [0.2, 0.25) is 0 Å². The molecule has 0 heterocycles. The Bertz CT molecular complexity index is 217. The summed E-state index contributed by atoms with van der Waals surface area (Å²) in [6.45, 7) is 0. The first kappa shape index (κ1) is 8.61. The van der Waals surface area contributed by atoms with Crippen LogP contribution in [0.2, 0.25) is 0 Å². The zero-order chi connectivity index (χ0) is 7.94. The molecule has 1 aromatic carbocycles. The Morgan fingerprint density at radius 1 is 1.36 bits per heavy atom. The molecule has 0 saturated carbocycles. The van der Waals surface area contributed by atoms with Crippen LogP contribution in [0.25, 0.3) is 0 Å². The van der Waals surface area contributed by atoms with Crippen LogP contribution in [0.5, 0.6) is 5.75 Å². The Labute approximate surface area is 68.3 Å². The standard InChI is InChI=1S/C6H7NO2P2/c8-10-7-11-9-6-4-2-1-3-5-6/h1-5,11H,(H,7,8). The average Bonchev–Trinajstić information content (AvgIpc) is 2.07. The van der Waals surface area contributed by atoms with E-state index in [2.05, 4.69) is 4.86 Å². The van der Waals surface area contributed by atoms with Gasteiger partial charge in [0.25, 0.3) is 8.61 Å². The quantitative estimate of drug-likeness (QED) is 0.580. The monoisotopic (exact) mass is 187 g/mol. The molecule has 1 atom stereocenters. The highest BCUT2D eigenvalue weighted by atomic mass is 31.1. The van der Waals surface area contributed by atoms with Crippen LogP contribution in [0.15, 0.2) is 30.3 Å². The maximum Gasteiger partial charge on any atom is 0.252 e. The molecule has 1 unspecified atom stereocenters. The molecule has 0 bridgehead atoms. The molecule has 0 amide bonds. The fraction of sp³-hybridized carbons (Fsp3) is 0. The molecule has 1 rings (SSSR count). The van der Waals surface area contributed by atoms with E-state index < -0.39 is 0 Å². The first-order valence-corrected chi connectivity index (χ1v) is 4.70. The molecule has 1 N–H and O–H groups in total. The lowest BCUT2D eigenvalue weighted by Gasteiger charge is -2.00. The molecule has 58 valence electrons. The molecule has 0 aromatic heterocycles. The molecule has 0 radical (unpaired) electrons. The number of hydrogen-bond donors (Lipinski definition) is 1. The lowest BCUT2D eigenvalue weighted by atomic mass is 10.3. The third kappa shape index (κ3) is 3.43. The second-order valence-corrected chi connectivity index (χ2v) is 3.21. The van der Waals surface area contributed by atoms with Crippen molar-refractivity contribution in [1.29, 1.82) is 0 Å². The molecule has 1 aromatic rings. The van der Waals surface area contributed by atoms with Gasteiger partial charge in [0.15, 0.2) is 8.96 Å². The fourth-order valence-electron chi connectivity index (χ4n) is 0.589. The minimum atomic E-state index is -0.0975. The summed E-state index contributed by atoms with van der Waals surface area (Å²) in [6, 6.07) is 9.37. The van der Waals surface area contributed by atoms with Gasteiger partial charge in [-0.1, -0.05) is 18.2 Å². The maximum atomic E-state index is 9.91. The van der Waals surface area contributed by atoms with Crippen LogP contribution >= 0.6 is 17.6 Å². The summed E-state index contributed by atoms with van der Waals surface area (Å²) in [5, 5.41) is 0. The van der Waals surface area contributed by atoms with Gasteiger partial charge in [-0.2, -0.15) is 4.86 Å². The predicted molar refractivity (Wildman–Crippen MR) is 46.1 cm³/mol. The summed E-state index contributed by atoms with van der Waals surface area (Å²) in [6.07, 6.45) is 0. The van der Waals surface area contributed by atoms with Gasteiger partial charge in [-0.05, 0) is 12.1 Å². The van der Waals surface area contributed by atoms with Crippen LogP contribution in [0.3, 0.4) is 0 Å². The van der Waals surface area contributed by atoms with E-state index in [0.29, 0.717) is 0 Å². The number of benzene rings is 1. The second-order valence-electron chi connectivity index (χ2n) is 1.72. The zero-order valence-corrected chi connectivity index (χ0v) is 7.54. The van der Waals surface area contributed by atoms with Gasteiger partial charge >= 0.3 is 0 Å². The lowest BCUT2D eigenvalue weighted by Crippen LogP contribution is -1.84. The molecule has 0 saturated heterocycles. The van der Waals surface area contributed by atoms with Crippen molar-refractivity contribution in [3.8, 4) is 5.75 Å². The van der Waals surface area contributed by atoms with Crippen LogP contribution in [-0.2, 0) is 4.57 Å². The first-order chi connectivity index (χ1) is 5.43. The molecule has 0 aliphatic heterocycles. The molecular weight excluding hydrogens is 180 g/mol. The smallest absolute Gasteiger partial charge is 0.252 e. The summed E-state index contributed by atoms with van der Waals surface area (Å²) >= 11 is 0. The van der Waals surface area contributed by atoms with E-state index in [4.69, 9.17) is 4.52 Å². The SMILES string of the molecule is O=PNPOc1ccccc1. The third-order valence-electron chi connectivity index (χ3n) is 1.00. The summed E-state index contributed by atoms with van der Waals surface area (Å²) in [5.41, 5.74) is 0. The minimum Gasteiger partial charge on any atom is -0.460 e. The fourth-order valence-corrected chi connectivity index (χ4v) is 1.17. The van der Waals surface area contributed by atoms with Crippen LogP contribution in [0, 0.1) is 0 Å². The molecule has 5 heteroatoms. The van der Waals surface area contributed by atoms with E-state index >= 15 is 0 Å². The molecule has 11 heavy (non-hydrogen) atoms. The third-order valence-corrected chi connectivity index (χ3v) is 2.07. The Hall–Kier alpha value is -0.490. The van der Waals surface area contributed by atoms with E-state index in [1.165, 1.54) is 0 Å². The van der Waals surface area contributed by atoms with E-state index in [9.17, 15) is 4.57 Å². The summed E-state index contributed by atoms with van der Waals surface area (Å²) in [4.78, 5) is 2.52. The van der Waals surface area contributed by atoms with Crippen LogP contribution in [0.1, 0.15) is 0 Å². The molecule has 0 fully saturated rings. The van der Waals surface area contributed by atoms with Crippen LogP contribution < -0.4 is 9.38 Å². The van der Waals surface area contributed by atoms with Crippen molar-refractivity contribution in [3.05, 3.63) is 30.3 Å². The molecule has 0 spiro atoms. The van der Waals surface area contributed by atoms with Gasteiger partial charge < -0.3 is 4.52 Å². The van der Waals surface area contributed by atoms with Gasteiger partial charge in [-0.15, -0.1) is 0 Å². The Kier molecular flexibility index (Phi) is 4.07. The lowest BCUT2D eigenvalue weighted by molar-refractivity contribution is 0.594. The van der Waals surface area contributed by atoms with Crippen molar-refractivity contribution < 1.29 is 9.09 Å². The average molecular weight is 187 g/mol. The predicted octanol–water partition coefficient (Wildman–Crippen LogP) is 2.37. The normalized spacial score (nSPS) is 10.9. The summed E-state index contributed by atoms with van der Waals surface area (Å²) < 4.78 is 15.1. The number of para-hydroxylation sites is 1. The van der Waals surface area contributed by atoms with Gasteiger partial charge in [0.1, 0.15) is 5.75 Å². The first-order valence-electron chi connectivity index (χ1n) is 2.98. The van der Waals surface area contributed by atoms with Gasteiger partial charge in [0.05, 0.1) is 0 Å². The number of rotatable bonds is 4. The Morgan fingerprint density at radius 3 is 2.73 bits per heavy atom. The second kappa shape index (κ2) is 5.20. The van der Waals surface area contributed by atoms with Crippen molar-refractivity contribution in [2.75, 3.05) is 0 Å². The zero-order valence-electron chi connectivity index (χ0n) is 5.65. The van der Waals surface area contributed by atoms with E-state index in [1.54, 1.807) is 0 Å². The van der Waals surface area contributed by atoms with Gasteiger partial charge in [0, 0.05) is 0 Å². The highest BCUT2D eigenvalue weighted by Crippen LogP contribution is 2.18. The molecule has 0 aliphatic carbocycles. The van der Waals surface area contributed by atoms with Crippen molar-refractivity contribution in [3.63, 3.8) is 0 Å². The molecule has 3 nitrogen and oxygen atoms in total. The summed E-state index contributed by atoms with van der Waals surface area (Å²) in [5.74, 6) is 0.780. The van der Waals surface area contributed by atoms with Crippen molar-refractivity contribution in [1.82, 2.24) is 4.86 Å². The maximum absolute atomic E-state index is 9.91. The van der Waals surface area contributed by atoms with Crippen molar-refractivity contribution >= 4 is 17.6 Å². The van der Waals surface area contributed by atoms with E-state index in [-0.39, 0.29) is 17.6 Å². The highest BCUT2D eigenvalue weighted by molar-refractivity contribution is 7.43. The van der Waals surface area contributed by atoms with Crippen LogP contribution in [0.4, 0.5) is 0 Å². The van der Waals surface area contributed by atoms with Crippen molar-refractivity contribution in [2.24, 2.45) is 0 Å². The number of nitrogens with one attached hydrogen (secondary N) is 1. The topological polar surface area (TPSA) is 38.3 Å². The minimum absolute atomic E-state index is 0.0348. The van der Waals surface area contributed by atoms with E-state index in [1.807, 2.05) is 30.3 Å². The van der Waals surface area contributed by atoms with Crippen molar-refractivity contribution in [2.45, 2.75) is 0 Å². The molecule has 0 aliphatic rings. The Morgan fingerprint density at radius 2 is 2.09 bits per heavy atom. The summed E-state index contributed by atoms with van der Waals surface area (Å²) in [7, 11) is -0.0626. The Balaban J connectivity index is 2.33. The molecular formula is C6H7NO2P2. The van der Waals surface area contributed by atoms with Crippen LogP contribution in [-0.4, -0.2) is 0 Å². The largest absolute Gasteiger partial charge is 0.460 e. The van der Waals surface area contributed by atoms with Gasteiger partial charge in [-0.25, -0.2) is 0 Å². The van der Waals surface area contributed by atoms with E-state index in [0.717, 1.165) is 5.75 Å². The number of hydrogen-bond acceptors (Lipinski definition) is 2. The highest BCUT2D eigenvalue weighted by Gasteiger charge is 1.88.